The average molecular weight is 317 g/mol. The minimum absolute atomic E-state index is 0. The predicted molar refractivity (Wildman–Crippen MR) is 82.4 cm³/mol. The van der Waals surface area contributed by atoms with E-state index in [1.807, 2.05) is 27.7 Å². The highest BCUT2D eigenvalue weighted by Crippen LogP contribution is 2.27. The highest BCUT2D eigenvalue weighted by molar-refractivity contribution is 5.85. The van der Waals surface area contributed by atoms with E-state index in [2.05, 4.69) is 20.8 Å². The van der Waals surface area contributed by atoms with Crippen molar-refractivity contribution in [3.63, 3.8) is 0 Å². The predicted octanol–water partition coefficient (Wildman–Crippen LogP) is 1.97. The van der Waals surface area contributed by atoms with E-state index < -0.39 is 0 Å². The molecule has 7 heteroatoms. The highest BCUT2D eigenvalue weighted by atomic mass is 35.5. The van der Waals surface area contributed by atoms with Crippen LogP contribution in [0.25, 0.3) is 0 Å². The third-order valence-corrected chi connectivity index (χ3v) is 3.28. The number of hydrogen-bond donors (Lipinski definition) is 2. The fourth-order valence-corrected chi connectivity index (χ4v) is 1.78. The molecule has 2 N–H and O–H groups in total. The Morgan fingerprint density at radius 1 is 1.43 bits per heavy atom. The number of hydrogen-bond acceptors (Lipinski definition) is 5. The molecule has 1 unspecified atom stereocenters. The Morgan fingerprint density at radius 2 is 2.10 bits per heavy atom. The highest BCUT2D eigenvalue weighted by Gasteiger charge is 2.24. The average Bonchev–Trinajstić information content (AvgIpc) is 3.01. The summed E-state index contributed by atoms with van der Waals surface area (Å²) < 4.78 is 5.21. The number of halogens is 1. The van der Waals surface area contributed by atoms with Gasteiger partial charge in [-0.15, -0.1) is 12.4 Å². The van der Waals surface area contributed by atoms with Gasteiger partial charge in [-0.3, -0.25) is 4.79 Å². The van der Waals surface area contributed by atoms with Gasteiger partial charge in [0, 0.05) is 5.41 Å². The largest absolute Gasteiger partial charge is 0.343 e. The summed E-state index contributed by atoms with van der Waals surface area (Å²) in [5.41, 5.74) is -0.155. The van der Waals surface area contributed by atoms with Crippen molar-refractivity contribution in [3.8, 4) is 0 Å². The van der Waals surface area contributed by atoms with Crippen molar-refractivity contribution in [1.82, 2.24) is 20.8 Å². The van der Waals surface area contributed by atoms with Crippen LogP contribution in [0.5, 0.6) is 0 Å². The molecule has 1 aliphatic carbocycles. The maximum atomic E-state index is 11.8. The first-order valence-corrected chi connectivity index (χ1v) is 7.20. The quantitative estimate of drug-likeness (QED) is 0.838. The molecule has 1 aliphatic rings. The fourth-order valence-electron chi connectivity index (χ4n) is 1.78. The number of amides is 1. The van der Waals surface area contributed by atoms with Crippen molar-refractivity contribution in [3.05, 3.63) is 11.7 Å². The van der Waals surface area contributed by atoms with E-state index in [1.165, 1.54) is 12.8 Å². The van der Waals surface area contributed by atoms with Crippen molar-refractivity contribution in [2.45, 2.75) is 52.0 Å². The van der Waals surface area contributed by atoms with E-state index in [0.29, 0.717) is 18.3 Å². The summed E-state index contributed by atoms with van der Waals surface area (Å²) in [6.07, 6.45) is 2.56. The van der Waals surface area contributed by atoms with Gasteiger partial charge in [0.05, 0.1) is 6.54 Å². The molecule has 1 saturated carbocycles. The minimum Gasteiger partial charge on any atom is -0.343 e. The van der Waals surface area contributed by atoms with E-state index >= 15 is 0 Å². The van der Waals surface area contributed by atoms with Crippen molar-refractivity contribution in [1.29, 1.82) is 0 Å². The van der Waals surface area contributed by atoms with Gasteiger partial charge in [-0.05, 0) is 32.2 Å². The molecule has 1 amide bonds. The number of nitrogens with one attached hydrogen (secondary N) is 2. The minimum atomic E-state index is -0.270. The molecule has 21 heavy (non-hydrogen) atoms. The molecule has 1 fully saturated rings. The van der Waals surface area contributed by atoms with Crippen LogP contribution in [0.4, 0.5) is 0 Å². The number of carbonyl (C=O) groups is 1. The fraction of sp³-hybridized carbons (Fsp3) is 0.786. The van der Waals surface area contributed by atoms with Gasteiger partial charge in [-0.2, -0.15) is 4.98 Å². The van der Waals surface area contributed by atoms with E-state index in [0.717, 1.165) is 12.5 Å². The van der Waals surface area contributed by atoms with Crippen LogP contribution in [0, 0.1) is 5.92 Å². The van der Waals surface area contributed by atoms with Gasteiger partial charge < -0.3 is 15.2 Å². The Labute approximate surface area is 131 Å². The lowest BCUT2D eigenvalue weighted by Crippen LogP contribution is -2.36. The molecule has 0 radical (unpaired) electrons. The maximum absolute atomic E-state index is 11.8. The Balaban J connectivity index is 0.00000220. The molecule has 1 heterocycles. The molecule has 1 atom stereocenters. The number of carbonyl (C=O) groups excluding carboxylic acids is 1. The standard InChI is InChI=1S/C14H24N4O2.ClH/c1-9(12-17-13(18-20-12)14(2,3)4)16-11(19)8-15-7-10-5-6-10;/h9-10,15H,5-8H2,1-4H3,(H,16,19);1H. The summed E-state index contributed by atoms with van der Waals surface area (Å²) in [6, 6.07) is -0.270. The van der Waals surface area contributed by atoms with E-state index in [4.69, 9.17) is 4.52 Å². The van der Waals surface area contributed by atoms with E-state index in [9.17, 15) is 4.79 Å². The molecule has 0 spiro atoms. The summed E-state index contributed by atoms with van der Waals surface area (Å²) in [6.45, 7) is 9.17. The van der Waals surface area contributed by atoms with Crippen LogP contribution in [0.2, 0.25) is 0 Å². The SMILES string of the molecule is CC(NC(=O)CNCC1CC1)c1nc(C(C)(C)C)no1.Cl. The first-order valence-electron chi connectivity index (χ1n) is 7.20. The molecule has 120 valence electrons. The Bertz CT molecular complexity index is 466. The van der Waals surface area contributed by atoms with Gasteiger partial charge in [-0.1, -0.05) is 25.9 Å². The second kappa shape index (κ2) is 7.22. The lowest BCUT2D eigenvalue weighted by molar-refractivity contribution is -0.121. The summed E-state index contributed by atoms with van der Waals surface area (Å²) >= 11 is 0. The topological polar surface area (TPSA) is 80.0 Å². The Morgan fingerprint density at radius 3 is 2.62 bits per heavy atom. The third-order valence-electron chi connectivity index (χ3n) is 3.28. The van der Waals surface area contributed by atoms with E-state index in [-0.39, 0.29) is 29.8 Å². The second-order valence-electron chi connectivity index (χ2n) is 6.57. The van der Waals surface area contributed by atoms with Crippen molar-refractivity contribution in [2.24, 2.45) is 5.92 Å². The molecule has 0 saturated heterocycles. The number of rotatable bonds is 6. The van der Waals surface area contributed by atoms with Crippen molar-refractivity contribution < 1.29 is 9.32 Å². The van der Waals surface area contributed by atoms with Crippen molar-refractivity contribution in [2.75, 3.05) is 13.1 Å². The zero-order valence-corrected chi connectivity index (χ0v) is 13.9. The normalized spacial score (nSPS) is 16.2. The third kappa shape index (κ3) is 5.63. The molecule has 0 bridgehead atoms. The van der Waals surface area contributed by atoms with Gasteiger partial charge in [0.15, 0.2) is 5.82 Å². The van der Waals surface area contributed by atoms with Gasteiger partial charge >= 0.3 is 0 Å². The van der Waals surface area contributed by atoms with Crippen molar-refractivity contribution >= 4 is 18.3 Å². The Kier molecular flexibility index (Phi) is 6.16. The summed E-state index contributed by atoms with van der Waals surface area (Å²) in [5, 5.41) is 9.97. The molecule has 2 rings (SSSR count). The van der Waals surface area contributed by atoms with Crippen LogP contribution in [0.1, 0.15) is 58.3 Å². The Hall–Kier alpha value is -1.14. The molecule has 1 aromatic rings. The summed E-state index contributed by atoms with van der Waals surface area (Å²) in [4.78, 5) is 16.1. The van der Waals surface area contributed by atoms with Gasteiger partial charge in [0.2, 0.25) is 11.8 Å². The zero-order valence-electron chi connectivity index (χ0n) is 13.1. The number of nitrogens with zero attached hydrogens (tertiary/aromatic N) is 2. The van der Waals surface area contributed by atoms with Crippen LogP contribution < -0.4 is 10.6 Å². The van der Waals surface area contributed by atoms with Crippen LogP contribution in [0.15, 0.2) is 4.52 Å². The monoisotopic (exact) mass is 316 g/mol. The molecule has 1 aromatic heterocycles. The summed E-state index contributed by atoms with van der Waals surface area (Å²) in [7, 11) is 0. The molecule has 0 aromatic carbocycles. The van der Waals surface area contributed by atoms with Crippen LogP contribution in [0.3, 0.4) is 0 Å². The van der Waals surface area contributed by atoms with E-state index in [1.54, 1.807) is 0 Å². The zero-order chi connectivity index (χ0) is 14.8. The van der Waals surface area contributed by atoms with Gasteiger partial charge in [-0.25, -0.2) is 0 Å². The van der Waals surface area contributed by atoms with Gasteiger partial charge in [0.25, 0.3) is 0 Å². The van der Waals surface area contributed by atoms with Gasteiger partial charge in [0.1, 0.15) is 6.04 Å². The smallest absolute Gasteiger partial charge is 0.248 e. The maximum Gasteiger partial charge on any atom is 0.248 e. The molecule has 0 aliphatic heterocycles. The second-order valence-corrected chi connectivity index (χ2v) is 6.57. The first-order chi connectivity index (χ1) is 9.36. The molecular weight excluding hydrogens is 292 g/mol. The molecule has 6 nitrogen and oxygen atoms in total. The lowest BCUT2D eigenvalue weighted by Gasteiger charge is -2.12. The van der Waals surface area contributed by atoms with Crippen LogP contribution in [-0.4, -0.2) is 29.1 Å². The summed E-state index contributed by atoms with van der Waals surface area (Å²) in [5.74, 6) is 1.82. The van der Waals surface area contributed by atoms with Crippen LogP contribution in [-0.2, 0) is 10.2 Å². The first kappa shape index (κ1) is 17.9. The lowest BCUT2D eigenvalue weighted by atomic mass is 9.96. The molecular formula is C14H25ClN4O2. The number of aromatic nitrogens is 2. The van der Waals surface area contributed by atoms with Crippen LogP contribution >= 0.6 is 12.4 Å².